The molecular weight excluding hydrogens is 212 g/mol. The fraction of sp³-hybridized carbons (Fsp3) is 0.600. The number of nitrogens with one attached hydrogen (secondary N) is 1. The summed E-state index contributed by atoms with van der Waals surface area (Å²) in [7, 11) is 1.45. The number of carboxylic acid groups (broad SMARTS) is 1. The summed E-state index contributed by atoms with van der Waals surface area (Å²) in [5, 5.41) is 12.2. The monoisotopic (exact) mass is 224 g/mol. The molecule has 3 aliphatic rings. The second kappa shape index (κ2) is 2.98. The average molecular weight is 224 g/mol. The molecule has 6 heteroatoms. The standard InChI is InChI=1S/C10H12N2O4/c1-16-5-2-4-3-11-6-7(4)12(9(6)13)8(5)10(14)15/h4,6-7,11H,2-3H2,1H3,(H,14,15)/t4-,6+,7-/m1/s1. The molecule has 2 saturated heterocycles. The smallest absolute Gasteiger partial charge is 0.356 e. The second-order valence-electron chi connectivity index (χ2n) is 4.33. The maximum Gasteiger partial charge on any atom is 0.356 e. The molecule has 6 nitrogen and oxygen atoms in total. The number of aliphatic carboxylic acids is 1. The SMILES string of the molecule is COC1=C(C(=O)O)N2C(=O)[C@H]3NC[C@@H](C1)[C@H]32. The number of nitrogens with zero attached hydrogens (tertiary/aromatic N) is 1. The van der Waals surface area contributed by atoms with E-state index in [1.165, 1.54) is 12.0 Å². The molecule has 2 fully saturated rings. The third-order valence-electron chi connectivity index (χ3n) is 3.63. The van der Waals surface area contributed by atoms with Gasteiger partial charge in [0.25, 0.3) is 0 Å². The van der Waals surface area contributed by atoms with Crippen LogP contribution in [0.3, 0.4) is 0 Å². The molecule has 0 bridgehead atoms. The van der Waals surface area contributed by atoms with Crippen LogP contribution in [0.1, 0.15) is 6.42 Å². The molecule has 3 atom stereocenters. The molecule has 0 aromatic carbocycles. The summed E-state index contributed by atoms with van der Waals surface area (Å²) in [6, 6.07) is -0.171. The average Bonchev–Trinajstić information content (AvgIpc) is 2.66. The molecule has 1 amide bonds. The Bertz CT molecular complexity index is 417. The van der Waals surface area contributed by atoms with Crippen molar-refractivity contribution in [1.29, 1.82) is 0 Å². The van der Waals surface area contributed by atoms with Crippen molar-refractivity contribution in [3.8, 4) is 0 Å². The molecule has 3 rings (SSSR count). The van der Waals surface area contributed by atoms with Gasteiger partial charge in [-0.15, -0.1) is 0 Å². The van der Waals surface area contributed by atoms with Crippen LogP contribution < -0.4 is 5.32 Å². The molecule has 3 aliphatic heterocycles. The summed E-state index contributed by atoms with van der Waals surface area (Å²) in [6.45, 7) is 0.747. The molecule has 16 heavy (non-hydrogen) atoms. The van der Waals surface area contributed by atoms with E-state index in [1.54, 1.807) is 0 Å². The van der Waals surface area contributed by atoms with Gasteiger partial charge in [0.15, 0.2) is 5.70 Å². The van der Waals surface area contributed by atoms with Crippen LogP contribution >= 0.6 is 0 Å². The normalized spacial score (nSPS) is 35.9. The lowest BCUT2D eigenvalue weighted by Crippen LogP contribution is -2.68. The first-order valence-corrected chi connectivity index (χ1v) is 5.22. The Morgan fingerprint density at radius 2 is 2.38 bits per heavy atom. The van der Waals surface area contributed by atoms with Crippen molar-refractivity contribution in [1.82, 2.24) is 10.2 Å². The van der Waals surface area contributed by atoms with Crippen LogP contribution in [0.25, 0.3) is 0 Å². The van der Waals surface area contributed by atoms with Crippen LogP contribution in [0.5, 0.6) is 0 Å². The summed E-state index contributed by atoms with van der Waals surface area (Å²) in [4.78, 5) is 24.3. The van der Waals surface area contributed by atoms with Crippen LogP contribution in [0.4, 0.5) is 0 Å². The van der Waals surface area contributed by atoms with E-state index in [4.69, 9.17) is 9.84 Å². The second-order valence-corrected chi connectivity index (χ2v) is 4.33. The van der Waals surface area contributed by atoms with Crippen molar-refractivity contribution >= 4 is 11.9 Å². The quantitative estimate of drug-likeness (QED) is 0.596. The fourth-order valence-electron chi connectivity index (χ4n) is 2.92. The van der Waals surface area contributed by atoms with E-state index in [2.05, 4.69) is 5.32 Å². The van der Waals surface area contributed by atoms with Crippen LogP contribution in [0.15, 0.2) is 11.5 Å². The van der Waals surface area contributed by atoms with Gasteiger partial charge in [-0.1, -0.05) is 0 Å². The summed E-state index contributed by atoms with van der Waals surface area (Å²) >= 11 is 0. The number of hydrogen-bond acceptors (Lipinski definition) is 4. The van der Waals surface area contributed by atoms with E-state index in [9.17, 15) is 9.59 Å². The first-order chi connectivity index (χ1) is 7.65. The maximum absolute atomic E-state index is 11.7. The van der Waals surface area contributed by atoms with Gasteiger partial charge >= 0.3 is 5.97 Å². The van der Waals surface area contributed by atoms with E-state index in [-0.39, 0.29) is 29.6 Å². The van der Waals surface area contributed by atoms with Gasteiger partial charge in [-0.05, 0) is 0 Å². The van der Waals surface area contributed by atoms with Crippen molar-refractivity contribution in [3.05, 3.63) is 11.5 Å². The van der Waals surface area contributed by atoms with Gasteiger partial charge in [0.1, 0.15) is 11.8 Å². The van der Waals surface area contributed by atoms with Crippen molar-refractivity contribution in [2.75, 3.05) is 13.7 Å². The van der Waals surface area contributed by atoms with E-state index in [0.29, 0.717) is 12.2 Å². The van der Waals surface area contributed by atoms with E-state index in [1.807, 2.05) is 0 Å². The zero-order valence-electron chi connectivity index (χ0n) is 8.77. The van der Waals surface area contributed by atoms with Gasteiger partial charge < -0.3 is 15.2 Å². The number of carbonyl (C=O) groups excluding carboxylic acids is 1. The first-order valence-electron chi connectivity index (χ1n) is 5.22. The molecule has 0 spiro atoms. The van der Waals surface area contributed by atoms with E-state index in [0.717, 1.165) is 6.54 Å². The number of allylic oxidation sites excluding steroid dienone is 1. The van der Waals surface area contributed by atoms with Crippen LogP contribution in [0.2, 0.25) is 0 Å². The Morgan fingerprint density at radius 1 is 1.62 bits per heavy atom. The summed E-state index contributed by atoms with van der Waals surface area (Å²) in [6.07, 6.45) is 0.593. The highest BCUT2D eigenvalue weighted by Gasteiger charge is 2.60. The Hall–Kier alpha value is -1.56. The molecule has 0 aromatic rings. The Balaban J connectivity index is 2.06. The van der Waals surface area contributed by atoms with Gasteiger partial charge in [-0.25, -0.2) is 4.79 Å². The highest BCUT2D eigenvalue weighted by molar-refractivity contribution is 6.00. The topological polar surface area (TPSA) is 78.9 Å². The zero-order valence-corrected chi connectivity index (χ0v) is 8.77. The van der Waals surface area contributed by atoms with Crippen molar-refractivity contribution in [2.24, 2.45) is 5.92 Å². The molecule has 2 N–H and O–H groups in total. The van der Waals surface area contributed by atoms with Gasteiger partial charge in [0.2, 0.25) is 5.91 Å². The van der Waals surface area contributed by atoms with Crippen LogP contribution in [-0.4, -0.2) is 47.6 Å². The summed E-state index contributed by atoms with van der Waals surface area (Å²) in [5.41, 5.74) is 0.0219. The molecule has 0 unspecified atom stereocenters. The van der Waals surface area contributed by atoms with E-state index >= 15 is 0 Å². The minimum Gasteiger partial charge on any atom is -0.499 e. The lowest BCUT2D eigenvalue weighted by Gasteiger charge is -2.48. The van der Waals surface area contributed by atoms with Gasteiger partial charge in [-0.3, -0.25) is 9.69 Å². The Kier molecular flexibility index (Phi) is 1.79. The molecule has 0 aromatic heterocycles. The fourth-order valence-corrected chi connectivity index (χ4v) is 2.92. The third kappa shape index (κ3) is 0.948. The molecule has 86 valence electrons. The lowest BCUT2D eigenvalue weighted by atomic mass is 9.82. The third-order valence-corrected chi connectivity index (χ3v) is 3.63. The number of rotatable bonds is 2. The number of methoxy groups -OCH3 is 1. The Morgan fingerprint density at radius 3 is 3.00 bits per heavy atom. The summed E-state index contributed by atoms with van der Waals surface area (Å²) in [5.74, 6) is -0.557. The number of β-lactam (4-membered cyclic amide) rings is 1. The van der Waals surface area contributed by atoms with E-state index < -0.39 is 5.97 Å². The predicted molar refractivity (Wildman–Crippen MR) is 52.2 cm³/mol. The number of ether oxygens (including phenoxy) is 1. The minimum atomic E-state index is -1.09. The first kappa shape index (κ1) is 9.65. The lowest BCUT2D eigenvalue weighted by molar-refractivity contribution is -0.154. The minimum absolute atomic E-state index is 0.0116. The number of carboxylic acids is 1. The van der Waals surface area contributed by atoms with Crippen molar-refractivity contribution in [2.45, 2.75) is 18.5 Å². The predicted octanol–water partition coefficient (Wildman–Crippen LogP) is -0.868. The Labute approximate surface area is 91.9 Å². The number of amides is 1. The zero-order chi connectivity index (χ0) is 11.4. The molecule has 0 aliphatic carbocycles. The van der Waals surface area contributed by atoms with Crippen LogP contribution in [-0.2, 0) is 14.3 Å². The largest absolute Gasteiger partial charge is 0.499 e. The number of carbonyl (C=O) groups is 2. The molecule has 3 heterocycles. The van der Waals surface area contributed by atoms with Crippen molar-refractivity contribution < 1.29 is 19.4 Å². The maximum atomic E-state index is 11.7. The van der Waals surface area contributed by atoms with Gasteiger partial charge in [0, 0.05) is 18.9 Å². The highest BCUT2D eigenvalue weighted by atomic mass is 16.5. The van der Waals surface area contributed by atoms with Crippen LogP contribution in [0, 0.1) is 5.92 Å². The highest BCUT2D eigenvalue weighted by Crippen LogP contribution is 2.43. The van der Waals surface area contributed by atoms with Gasteiger partial charge in [0.05, 0.1) is 13.2 Å². The molecular formula is C10H12N2O4. The summed E-state index contributed by atoms with van der Waals surface area (Å²) < 4.78 is 5.09. The number of hydrogen-bond donors (Lipinski definition) is 2. The van der Waals surface area contributed by atoms with Crippen molar-refractivity contribution in [3.63, 3.8) is 0 Å². The molecule has 0 saturated carbocycles. The van der Waals surface area contributed by atoms with Gasteiger partial charge in [-0.2, -0.15) is 0 Å². The molecule has 0 radical (unpaired) electrons.